The van der Waals surface area contributed by atoms with Crippen molar-refractivity contribution < 1.29 is 4.74 Å². The molecule has 0 saturated heterocycles. The van der Waals surface area contributed by atoms with E-state index in [1.807, 2.05) is 13.1 Å². The molecule has 0 unspecified atom stereocenters. The van der Waals surface area contributed by atoms with Crippen LogP contribution in [0.25, 0.3) is 11.3 Å². The number of rotatable bonds is 6. The van der Waals surface area contributed by atoms with Gasteiger partial charge in [0, 0.05) is 27.2 Å². The summed E-state index contributed by atoms with van der Waals surface area (Å²) in [7, 11) is -0.258. The lowest BCUT2D eigenvalue weighted by atomic mass is 10.1. The van der Waals surface area contributed by atoms with E-state index < -0.39 is 0 Å². The quantitative estimate of drug-likeness (QED) is 0.625. The fraction of sp³-hybridized carbons (Fsp3) is 0.462. The summed E-state index contributed by atoms with van der Waals surface area (Å²) in [6.45, 7) is 7.55. The standard InChI is InChI=1S/C13H19N6OSi/c1-9-11(12-10(6-14)13(15)17-16-12)7-19(18-9)8-20-4-5-21(2)3/h7H,4-5,8H2,1-3H3,(H3,15,16,17). The van der Waals surface area contributed by atoms with Crippen LogP contribution in [-0.4, -0.2) is 35.4 Å². The number of H-pyrrole nitrogens is 1. The van der Waals surface area contributed by atoms with Crippen LogP contribution in [0.3, 0.4) is 0 Å². The molecular formula is C13H19N6OSi. The number of nitrogens with one attached hydrogen (secondary N) is 1. The van der Waals surface area contributed by atoms with Crippen LogP contribution in [0.15, 0.2) is 6.20 Å². The highest BCUT2D eigenvalue weighted by Crippen LogP contribution is 2.26. The lowest BCUT2D eigenvalue weighted by Gasteiger charge is -2.05. The highest BCUT2D eigenvalue weighted by Gasteiger charge is 2.16. The van der Waals surface area contributed by atoms with Crippen LogP contribution in [-0.2, 0) is 11.5 Å². The first-order valence-corrected chi connectivity index (χ1v) is 9.38. The zero-order valence-corrected chi connectivity index (χ0v) is 13.5. The van der Waals surface area contributed by atoms with Crippen molar-refractivity contribution in [2.45, 2.75) is 32.8 Å². The molecule has 8 heteroatoms. The van der Waals surface area contributed by atoms with Gasteiger partial charge in [0.05, 0.1) is 11.4 Å². The van der Waals surface area contributed by atoms with Gasteiger partial charge in [-0.1, -0.05) is 13.1 Å². The first-order valence-electron chi connectivity index (χ1n) is 6.68. The number of anilines is 1. The summed E-state index contributed by atoms with van der Waals surface area (Å²) in [6.07, 6.45) is 1.84. The van der Waals surface area contributed by atoms with Crippen LogP contribution in [0.1, 0.15) is 11.3 Å². The van der Waals surface area contributed by atoms with Crippen molar-refractivity contribution in [3.05, 3.63) is 17.5 Å². The second-order valence-corrected chi connectivity index (χ2v) is 8.05. The number of nitrogens with zero attached hydrogens (tertiary/aromatic N) is 4. The van der Waals surface area contributed by atoms with E-state index in [1.165, 1.54) is 0 Å². The molecule has 7 nitrogen and oxygen atoms in total. The van der Waals surface area contributed by atoms with E-state index in [-0.39, 0.29) is 14.6 Å². The number of nitrogens with two attached hydrogens (primary N) is 1. The molecule has 0 bridgehead atoms. The molecule has 3 N–H and O–H groups in total. The first-order chi connectivity index (χ1) is 10.0. The summed E-state index contributed by atoms with van der Waals surface area (Å²) >= 11 is 0. The maximum absolute atomic E-state index is 9.13. The SMILES string of the molecule is Cc1nn(COCC[Si](C)C)cc1-c1[nH]nc(N)c1C#N. The van der Waals surface area contributed by atoms with Crippen LogP contribution in [0.4, 0.5) is 5.82 Å². The van der Waals surface area contributed by atoms with Gasteiger partial charge >= 0.3 is 0 Å². The second kappa shape index (κ2) is 6.56. The van der Waals surface area contributed by atoms with E-state index in [1.54, 1.807) is 4.68 Å². The van der Waals surface area contributed by atoms with E-state index in [2.05, 4.69) is 34.5 Å². The molecule has 1 radical (unpaired) electrons. The third kappa shape index (κ3) is 3.51. The maximum Gasteiger partial charge on any atom is 0.163 e. The van der Waals surface area contributed by atoms with Gasteiger partial charge in [-0.15, -0.1) is 0 Å². The third-order valence-electron chi connectivity index (χ3n) is 3.09. The topological polar surface area (TPSA) is 106 Å². The molecule has 2 rings (SSSR count). The number of aromatic amines is 1. The van der Waals surface area contributed by atoms with Crippen molar-refractivity contribution in [1.82, 2.24) is 20.0 Å². The van der Waals surface area contributed by atoms with Gasteiger partial charge in [0.15, 0.2) is 5.82 Å². The maximum atomic E-state index is 9.13. The summed E-state index contributed by atoms with van der Waals surface area (Å²) < 4.78 is 7.33. The van der Waals surface area contributed by atoms with Crippen molar-refractivity contribution in [2.75, 3.05) is 12.3 Å². The number of hydrogen-bond donors (Lipinski definition) is 2. The number of hydrogen-bond acceptors (Lipinski definition) is 5. The molecule has 0 aliphatic carbocycles. The second-order valence-electron chi connectivity index (χ2n) is 5.13. The highest BCUT2D eigenvalue weighted by molar-refractivity contribution is 6.55. The summed E-state index contributed by atoms with van der Waals surface area (Å²) in [4.78, 5) is 0. The molecule has 2 aromatic rings. The molecule has 111 valence electrons. The average molecular weight is 303 g/mol. The van der Waals surface area contributed by atoms with Crippen molar-refractivity contribution in [3.8, 4) is 17.3 Å². The van der Waals surface area contributed by atoms with Gasteiger partial charge in [0.2, 0.25) is 0 Å². The molecule has 0 atom stereocenters. The number of aromatic nitrogens is 4. The van der Waals surface area contributed by atoms with Crippen LogP contribution < -0.4 is 5.73 Å². The van der Waals surface area contributed by atoms with E-state index in [9.17, 15) is 0 Å². The number of ether oxygens (including phenoxy) is 1. The number of aryl methyl sites for hydroxylation is 1. The molecule has 0 aliphatic heterocycles. The Morgan fingerprint density at radius 1 is 1.52 bits per heavy atom. The molecule has 0 amide bonds. The summed E-state index contributed by atoms with van der Waals surface area (Å²) in [6, 6.07) is 3.18. The van der Waals surface area contributed by atoms with Gasteiger partial charge in [0.25, 0.3) is 0 Å². The Hall–Kier alpha value is -2.11. The Balaban J connectivity index is 2.11. The van der Waals surface area contributed by atoms with E-state index in [4.69, 9.17) is 15.7 Å². The molecular weight excluding hydrogens is 284 g/mol. The van der Waals surface area contributed by atoms with Crippen molar-refractivity contribution in [2.24, 2.45) is 0 Å². The average Bonchev–Trinajstić information content (AvgIpc) is 2.97. The van der Waals surface area contributed by atoms with E-state index in [0.717, 1.165) is 23.9 Å². The molecule has 0 aromatic carbocycles. The van der Waals surface area contributed by atoms with E-state index in [0.29, 0.717) is 18.0 Å². The van der Waals surface area contributed by atoms with Crippen molar-refractivity contribution >= 4 is 14.6 Å². The van der Waals surface area contributed by atoms with E-state index >= 15 is 0 Å². The number of nitriles is 1. The highest BCUT2D eigenvalue weighted by atomic mass is 28.3. The first kappa shape index (κ1) is 15.3. The minimum Gasteiger partial charge on any atom is -0.381 e. The molecule has 0 saturated carbocycles. The largest absolute Gasteiger partial charge is 0.381 e. The van der Waals surface area contributed by atoms with Crippen LogP contribution >= 0.6 is 0 Å². The zero-order chi connectivity index (χ0) is 15.4. The van der Waals surface area contributed by atoms with Crippen LogP contribution in [0.5, 0.6) is 0 Å². The summed E-state index contributed by atoms with van der Waals surface area (Å²) in [5.74, 6) is 0.205. The molecule has 21 heavy (non-hydrogen) atoms. The van der Waals surface area contributed by atoms with Gasteiger partial charge in [-0.3, -0.25) is 5.10 Å². The minimum atomic E-state index is -0.258. The Kier molecular flexibility index (Phi) is 4.77. The predicted molar refractivity (Wildman–Crippen MR) is 81.9 cm³/mol. The van der Waals surface area contributed by atoms with Crippen LogP contribution in [0, 0.1) is 18.3 Å². The zero-order valence-electron chi connectivity index (χ0n) is 12.5. The monoisotopic (exact) mass is 303 g/mol. The Morgan fingerprint density at radius 3 is 2.95 bits per heavy atom. The predicted octanol–water partition coefficient (Wildman–Crippen LogP) is 1.76. The van der Waals surface area contributed by atoms with Gasteiger partial charge < -0.3 is 10.5 Å². The Bertz CT molecular complexity index is 654. The van der Waals surface area contributed by atoms with Gasteiger partial charge in [0.1, 0.15) is 18.4 Å². The minimum absolute atomic E-state index is 0.205. The van der Waals surface area contributed by atoms with Gasteiger partial charge in [-0.2, -0.15) is 15.5 Å². The lowest BCUT2D eigenvalue weighted by molar-refractivity contribution is 0.0787. The van der Waals surface area contributed by atoms with Crippen molar-refractivity contribution in [1.29, 1.82) is 5.26 Å². The Labute approximate surface area is 125 Å². The normalized spacial score (nSPS) is 11.0. The summed E-state index contributed by atoms with van der Waals surface area (Å²) in [5.41, 5.74) is 8.23. The molecule has 0 spiro atoms. The molecule has 2 heterocycles. The number of nitrogen functional groups attached to an aromatic ring is 1. The summed E-state index contributed by atoms with van der Waals surface area (Å²) in [5, 5.41) is 20.2. The van der Waals surface area contributed by atoms with Crippen molar-refractivity contribution in [3.63, 3.8) is 0 Å². The molecule has 2 aromatic heterocycles. The smallest absolute Gasteiger partial charge is 0.163 e. The van der Waals surface area contributed by atoms with Gasteiger partial charge in [-0.25, -0.2) is 4.68 Å². The fourth-order valence-electron chi connectivity index (χ4n) is 1.93. The fourth-order valence-corrected chi connectivity index (χ4v) is 2.48. The lowest BCUT2D eigenvalue weighted by Crippen LogP contribution is -2.08. The molecule has 0 aliphatic rings. The third-order valence-corrected chi connectivity index (χ3v) is 4.30. The Morgan fingerprint density at radius 2 is 2.29 bits per heavy atom. The van der Waals surface area contributed by atoms with Gasteiger partial charge in [-0.05, 0) is 13.0 Å². The molecule has 0 fully saturated rings. The van der Waals surface area contributed by atoms with Crippen LogP contribution in [0.2, 0.25) is 19.1 Å².